The first-order chi connectivity index (χ1) is 9.74. The summed E-state index contributed by atoms with van der Waals surface area (Å²) in [5.41, 5.74) is 1.21. The highest BCUT2D eigenvalue weighted by molar-refractivity contribution is 5.76. The normalized spacial score (nSPS) is 14.2. The zero-order valence-electron chi connectivity index (χ0n) is 11.6. The topological polar surface area (TPSA) is 51.0 Å². The van der Waals surface area contributed by atoms with Crippen LogP contribution in [0.5, 0.6) is 0 Å². The molecule has 0 atom stereocenters. The zero-order valence-corrected chi connectivity index (χ0v) is 11.6. The lowest BCUT2D eigenvalue weighted by atomic mass is 10.1. The molecule has 5 nitrogen and oxygen atoms in total. The van der Waals surface area contributed by atoms with Crippen molar-refractivity contribution in [1.29, 1.82) is 0 Å². The third-order valence-corrected chi connectivity index (χ3v) is 3.76. The maximum atomic E-state index is 12.3. The number of carbonyl (C=O) groups excluding carboxylic acids is 1. The predicted octanol–water partition coefficient (Wildman–Crippen LogP) is 1.56. The van der Waals surface area contributed by atoms with Gasteiger partial charge in [0.2, 0.25) is 5.91 Å². The number of rotatable bonds is 3. The van der Waals surface area contributed by atoms with Crippen LogP contribution in [0.2, 0.25) is 0 Å². The minimum Gasteiger partial charge on any atom is -0.333 e. The van der Waals surface area contributed by atoms with Gasteiger partial charge in [-0.2, -0.15) is 0 Å². The summed E-state index contributed by atoms with van der Waals surface area (Å²) in [4.78, 5) is 14.1. The second-order valence-corrected chi connectivity index (χ2v) is 5.12. The van der Waals surface area contributed by atoms with E-state index in [9.17, 15) is 4.79 Å². The molecular weight excluding hydrogens is 252 g/mol. The summed E-state index contributed by atoms with van der Waals surface area (Å²) in [5, 5.41) is 8.19. The molecule has 2 heterocycles. The lowest BCUT2D eigenvalue weighted by molar-refractivity contribution is -0.132. The number of hydrogen-bond donors (Lipinski definition) is 0. The van der Waals surface area contributed by atoms with Gasteiger partial charge in [0.15, 0.2) is 5.82 Å². The molecule has 3 rings (SSSR count). The molecule has 1 amide bonds. The van der Waals surface area contributed by atoms with Crippen LogP contribution in [0.1, 0.15) is 23.6 Å². The minimum absolute atomic E-state index is 0.195. The average Bonchev–Trinajstić information content (AvgIpc) is 2.87. The Hall–Kier alpha value is -2.17. The van der Waals surface area contributed by atoms with Gasteiger partial charge in [0.25, 0.3) is 0 Å². The second kappa shape index (κ2) is 5.45. The van der Waals surface area contributed by atoms with Crippen molar-refractivity contribution < 1.29 is 4.79 Å². The molecule has 1 aromatic heterocycles. The van der Waals surface area contributed by atoms with Crippen LogP contribution < -0.4 is 0 Å². The fraction of sp³-hybridized carbons (Fsp3) is 0.400. The largest absolute Gasteiger partial charge is 0.333 e. The van der Waals surface area contributed by atoms with Crippen molar-refractivity contribution in [1.82, 2.24) is 19.7 Å². The first-order valence-corrected chi connectivity index (χ1v) is 6.94. The molecule has 1 aliphatic heterocycles. The summed E-state index contributed by atoms with van der Waals surface area (Å²) in [7, 11) is 0. The number of aryl methyl sites for hydroxylation is 2. The maximum absolute atomic E-state index is 12.3. The van der Waals surface area contributed by atoms with Crippen molar-refractivity contribution in [2.45, 2.75) is 32.9 Å². The molecule has 2 aromatic rings. The van der Waals surface area contributed by atoms with Crippen molar-refractivity contribution in [3.63, 3.8) is 0 Å². The van der Waals surface area contributed by atoms with Crippen LogP contribution in [-0.2, 0) is 24.3 Å². The summed E-state index contributed by atoms with van der Waals surface area (Å²) < 4.78 is 2.08. The number of amides is 1. The van der Waals surface area contributed by atoms with E-state index in [0.29, 0.717) is 13.0 Å². The Labute approximate surface area is 118 Å². The molecule has 0 N–H and O–H groups in total. The Balaban J connectivity index is 1.59. The molecular formula is C15H18N4O. The maximum Gasteiger partial charge on any atom is 0.223 e. The Morgan fingerprint density at radius 1 is 1.20 bits per heavy atom. The molecule has 5 heteroatoms. The van der Waals surface area contributed by atoms with Crippen molar-refractivity contribution >= 4 is 5.91 Å². The Kier molecular flexibility index (Phi) is 3.50. The standard InChI is InChI=1S/C15H18N4O/c1-12-16-17-14-11-18(9-10-19(12)14)15(20)8-7-13-5-3-2-4-6-13/h2-6H,7-11H2,1H3. The molecule has 0 spiro atoms. The fourth-order valence-corrected chi connectivity index (χ4v) is 2.57. The summed E-state index contributed by atoms with van der Waals surface area (Å²) >= 11 is 0. The van der Waals surface area contributed by atoms with Crippen LogP contribution in [0.3, 0.4) is 0 Å². The Morgan fingerprint density at radius 3 is 2.80 bits per heavy atom. The highest BCUT2D eigenvalue weighted by atomic mass is 16.2. The van der Waals surface area contributed by atoms with Gasteiger partial charge in [-0.25, -0.2) is 0 Å². The van der Waals surface area contributed by atoms with E-state index in [1.165, 1.54) is 5.56 Å². The fourth-order valence-electron chi connectivity index (χ4n) is 2.57. The SMILES string of the molecule is Cc1nnc2n1CCN(C(=O)CCc1ccccc1)C2. The van der Waals surface area contributed by atoms with Gasteiger partial charge in [-0.05, 0) is 18.9 Å². The van der Waals surface area contributed by atoms with E-state index in [0.717, 1.165) is 31.2 Å². The lowest BCUT2D eigenvalue weighted by Crippen LogP contribution is -2.38. The molecule has 0 aliphatic carbocycles. The van der Waals surface area contributed by atoms with Gasteiger partial charge in [-0.1, -0.05) is 30.3 Å². The van der Waals surface area contributed by atoms with Crippen LogP contribution in [-0.4, -0.2) is 32.1 Å². The van der Waals surface area contributed by atoms with Crippen molar-refractivity contribution in [2.75, 3.05) is 6.54 Å². The van der Waals surface area contributed by atoms with Gasteiger partial charge in [0, 0.05) is 19.5 Å². The van der Waals surface area contributed by atoms with E-state index >= 15 is 0 Å². The van der Waals surface area contributed by atoms with E-state index in [2.05, 4.69) is 26.9 Å². The summed E-state index contributed by atoms with van der Waals surface area (Å²) in [6.45, 7) is 4.07. The number of benzene rings is 1. The number of nitrogens with zero attached hydrogens (tertiary/aromatic N) is 4. The van der Waals surface area contributed by atoms with Crippen molar-refractivity contribution in [3.05, 3.63) is 47.5 Å². The minimum atomic E-state index is 0.195. The molecule has 0 saturated carbocycles. The predicted molar refractivity (Wildman–Crippen MR) is 74.9 cm³/mol. The van der Waals surface area contributed by atoms with Crippen molar-refractivity contribution in [3.8, 4) is 0 Å². The van der Waals surface area contributed by atoms with Crippen LogP contribution in [0.4, 0.5) is 0 Å². The van der Waals surface area contributed by atoms with Crippen molar-refractivity contribution in [2.24, 2.45) is 0 Å². The lowest BCUT2D eigenvalue weighted by Gasteiger charge is -2.27. The van der Waals surface area contributed by atoms with Crippen LogP contribution in [0.25, 0.3) is 0 Å². The summed E-state index contributed by atoms with van der Waals surface area (Å²) in [6.07, 6.45) is 1.35. The third-order valence-electron chi connectivity index (χ3n) is 3.76. The van der Waals surface area contributed by atoms with E-state index in [4.69, 9.17) is 0 Å². The molecule has 0 unspecified atom stereocenters. The van der Waals surface area contributed by atoms with Gasteiger partial charge in [-0.3, -0.25) is 4.79 Å². The Morgan fingerprint density at radius 2 is 2.00 bits per heavy atom. The van der Waals surface area contributed by atoms with E-state index in [-0.39, 0.29) is 5.91 Å². The molecule has 1 aromatic carbocycles. The van der Waals surface area contributed by atoms with Crippen LogP contribution in [0.15, 0.2) is 30.3 Å². The Bertz CT molecular complexity index is 606. The van der Waals surface area contributed by atoms with Crippen LogP contribution in [0, 0.1) is 6.92 Å². The van der Waals surface area contributed by atoms with E-state index in [1.807, 2.05) is 30.0 Å². The summed E-state index contributed by atoms with van der Waals surface area (Å²) in [5.74, 6) is 2.01. The van der Waals surface area contributed by atoms with Gasteiger partial charge >= 0.3 is 0 Å². The monoisotopic (exact) mass is 270 g/mol. The molecule has 0 radical (unpaired) electrons. The van der Waals surface area contributed by atoms with Gasteiger partial charge in [0.05, 0.1) is 6.54 Å². The first kappa shape index (κ1) is 12.8. The smallest absolute Gasteiger partial charge is 0.223 e. The highest BCUT2D eigenvalue weighted by Gasteiger charge is 2.22. The molecule has 0 bridgehead atoms. The molecule has 1 aliphatic rings. The van der Waals surface area contributed by atoms with E-state index < -0.39 is 0 Å². The van der Waals surface area contributed by atoms with Gasteiger partial charge < -0.3 is 9.47 Å². The quantitative estimate of drug-likeness (QED) is 0.850. The zero-order chi connectivity index (χ0) is 13.9. The molecule has 20 heavy (non-hydrogen) atoms. The number of fused-ring (bicyclic) bond motifs is 1. The van der Waals surface area contributed by atoms with Gasteiger partial charge in [0.1, 0.15) is 5.82 Å². The third kappa shape index (κ3) is 2.57. The second-order valence-electron chi connectivity index (χ2n) is 5.12. The van der Waals surface area contributed by atoms with Crippen LogP contribution >= 0.6 is 0 Å². The number of carbonyl (C=O) groups is 1. The number of hydrogen-bond acceptors (Lipinski definition) is 3. The van der Waals surface area contributed by atoms with Gasteiger partial charge in [-0.15, -0.1) is 10.2 Å². The average molecular weight is 270 g/mol. The number of aromatic nitrogens is 3. The van der Waals surface area contributed by atoms with E-state index in [1.54, 1.807) is 0 Å². The summed E-state index contributed by atoms with van der Waals surface area (Å²) in [6, 6.07) is 10.1. The molecule has 104 valence electrons. The highest BCUT2D eigenvalue weighted by Crippen LogP contribution is 2.13. The molecule has 0 fully saturated rings. The molecule has 0 saturated heterocycles. The first-order valence-electron chi connectivity index (χ1n) is 6.94.